The lowest BCUT2D eigenvalue weighted by molar-refractivity contribution is 0.0694. The number of halogens is 3. The van der Waals surface area contributed by atoms with Crippen molar-refractivity contribution in [2.75, 3.05) is 0 Å². The van der Waals surface area contributed by atoms with E-state index in [9.17, 15) is 18.4 Å². The Labute approximate surface area is 116 Å². The Morgan fingerprint density at radius 1 is 1.45 bits per heavy atom. The van der Waals surface area contributed by atoms with Crippen LogP contribution in [0.25, 0.3) is 10.9 Å². The third-order valence-corrected chi connectivity index (χ3v) is 3.63. The van der Waals surface area contributed by atoms with Gasteiger partial charge in [0.2, 0.25) is 5.43 Å². The lowest BCUT2D eigenvalue weighted by atomic mass is 10.1. The fourth-order valence-electron chi connectivity index (χ4n) is 2.21. The molecule has 3 rings (SSSR count). The fraction of sp³-hybridized carbons (Fsp3) is 0.231. The largest absolute Gasteiger partial charge is 0.477 e. The summed E-state index contributed by atoms with van der Waals surface area (Å²) >= 11 is 5.68. The Bertz CT molecular complexity index is 802. The van der Waals surface area contributed by atoms with Gasteiger partial charge in [0.1, 0.15) is 17.6 Å². The molecule has 0 aliphatic heterocycles. The maximum absolute atomic E-state index is 13.5. The number of alkyl halides is 1. The zero-order chi connectivity index (χ0) is 14.6. The molecule has 1 fully saturated rings. The third-order valence-electron chi connectivity index (χ3n) is 3.34. The summed E-state index contributed by atoms with van der Waals surface area (Å²) in [5.41, 5.74) is -1.09. The van der Waals surface area contributed by atoms with E-state index in [-0.39, 0.29) is 22.3 Å². The summed E-state index contributed by atoms with van der Waals surface area (Å²) in [6.45, 7) is 0. The first-order valence-corrected chi connectivity index (χ1v) is 6.19. The summed E-state index contributed by atoms with van der Waals surface area (Å²) in [5, 5.41) is 8.69. The van der Waals surface area contributed by atoms with Gasteiger partial charge >= 0.3 is 5.97 Å². The molecule has 1 aromatic heterocycles. The zero-order valence-electron chi connectivity index (χ0n) is 9.94. The molecule has 4 nitrogen and oxygen atoms in total. The maximum atomic E-state index is 13.5. The van der Waals surface area contributed by atoms with Crippen molar-refractivity contribution < 1.29 is 18.7 Å². The molecule has 0 spiro atoms. The van der Waals surface area contributed by atoms with Crippen LogP contribution < -0.4 is 5.43 Å². The van der Waals surface area contributed by atoms with Crippen molar-refractivity contribution in [3.63, 3.8) is 0 Å². The SMILES string of the molecule is O=C(O)c1cn(C2C[C@@H]2F)c2cc(Cl)c(F)cc2c1=O. The Morgan fingerprint density at radius 2 is 2.10 bits per heavy atom. The number of rotatable bonds is 2. The molecule has 1 saturated carbocycles. The number of nitrogens with zero attached hydrogens (tertiary/aromatic N) is 1. The number of carboxylic acid groups (broad SMARTS) is 1. The van der Waals surface area contributed by atoms with Crippen molar-refractivity contribution in [1.29, 1.82) is 0 Å². The number of carboxylic acids is 1. The van der Waals surface area contributed by atoms with Gasteiger partial charge in [-0.05, 0) is 12.1 Å². The van der Waals surface area contributed by atoms with E-state index in [4.69, 9.17) is 16.7 Å². The molecule has 7 heteroatoms. The molecule has 0 amide bonds. The number of hydrogen-bond acceptors (Lipinski definition) is 2. The van der Waals surface area contributed by atoms with Gasteiger partial charge in [-0.15, -0.1) is 0 Å². The van der Waals surface area contributed by atoms with Gasteiger partial charge in [-0.25, -0.2) is 13.6 Å². The zero-order valence-corrected chi connectivity index (χ0v) is 10.7. The minimum absolute atomic E-state index is 0.120. The monoisotopic (exact) mass is 299 g/mol. The summed E-state index contributed by atoms with van der Waals surface area (Å²) in [6, 6.07) is 1.56. The number of fused-ring (bicyclic) bond motifs is 1. The summed E-state index contributed by atoms with van der Waals surface area (Å²) in [5.74, 6) is -2.25. The van der Waals surface area contributed by atoms with Crippen LogP contribution in [0.4, 0.5) is 8.78 Å². The van der Waals surface area contributed by atoms with Gasteiger partial charge in [-0.2, -0.15) is 0 Å². The molecule has 1 N–H and O–H groups in total. The Balaban J connectivity index is 2.41. The smallest absolute Gasteiger partial charge is 0.341 e. The quantitative estimate of drug-likeness (QED) is 0.927. The van der Waals surface area contributed by atoms with Gasteiger partial charge in [0.25, 0.3) is 0 Å². The van der Waals surface area contributed by atoms with Crippen LogP contribution in [0.5, 0.6) is 0 Å². The number of aromatic carboxylic acids is 1. The van der Waals surface area contributed by atoms with Gasteiger partial charge in [-0.3, -0.25) is 4.79 Å². The summed E-state index contributed by atoms with van der Waals surface area (Å²) < 4.78 is 28.1. The highest BCUT2D eigenvalue weighted by molar-refractivity contribution is 6.31. The topological polar surface area (TPSA) is 59.3 Å². The molecule has 20 heavy (non-hydrogen) atoms. The van der Waals surface area contributed by atoms with Gasteiger partial charge in [-0.1, -0.05) is 11.6 Å². The molecule has 104 valence electrons. The lowest BCUT2D eigenvalue weighted by Gasteiger charge is -2.12. The first-order valence-electron chi connectivity index (χ1n) is 5.81. The number of benzene rings is 1. The van der Waals surface area contributed by atoms with Crippen molar-refractivity contribution in [1.82, 2.24) is 4.57 Å². The van der Waals surface area contributed by atoms with Gasteiger partial charge in [0, 0.05) is 18.0 Å². The Hall–Kier alpha value is -1.95. The van der Waals surface area contributed by atoms with Crippen molar-refractivity contribution in [3.8, 4) is 0 Å². The van der Waals surface area contributed by atoms with E-state index < -0.39 is 35.0 Å². The van der Waals surface area contributed by atoms with E-state index in [2.05, 4.69) is 0 Å². The van der Waals surface area contributed by atoms with Crippen molar-refractivity contribution in [2.24, 2.45) is 0 Å². The second kappa shape index (κ2) is 4.28. The fourth-order valence-corrected chi connectivity index (χ4v) is 2.37. The summed E-state index contributed by atoms with van der Waals surface area (Å²) in [6.07, 6.45) is 0.212. The van der Waals surface area contributed by atoms with E-state index >= 15 is 0 Å². The van der Waals surface area contributed by atoms with Crippen molar-refractivity contribution in [3.05, 3.63) is 45.0 Å². The highest BCUT2D eigenvalue weighted by atomic mass is 35.5. The molecule has 0 bridgehead atoms. The highest BCUT2D eigenvalue weighted by Crippen LogP contribution is 2.40. The summed E-state index contributed by atoms with van der Waals surface area (Å²) in [4.78, 5) is 23.1. The van der Waals surface area contributed by atoms with Crippen LogP contribution in [-0.4, -0.2) is 21.8 Å². The van der Waals surface area contributed by atoms with Crippen LogP contribution in [-0.2, 0) is 0 Å². The van der Waals surface area contributed by atoms with Crippen molar-refractivity contribution in [2.45, 2.75) is 18.6 Å². The average molecular weight is 300 g/mol. The Morgan fingerprint density at radius 3 is 2.65 bits per heavy atom. The molecular formula is C13H8ClF2NO3. The summed E-state index contributed by atoms with van der Waals surface area (Å²) in [7, 11) is 0. The molecule has 2 aromatic rings. The standard InChI is InChI=1S/C13H8ClF2NO3/c14-7-2-10-5(1-8(7)15)12(18)6(13(19)20)4-17(10)11-3-9(11)16/h1-2,4,9,11H,3H2,(H,19,20)/t9-,11?/m0/s1. The number of hydrogen-bond donors (Lipinski definition) is 1. The second-order valence-electron chi connectivity index (χ2n) is 4.69. The van der Waals surface area contributed by atoms with E-state index in [1.807, 2.05) is 0 Å². The first kappa shape index (κ1) is 13.1. The Kier molecular flexibility index (Phi) is 2.79. The van der Waals surface area contributed by atoms with E-state index in [0.717, 1.165) is 12.3 Å². The van der Waals surface area contributed by atoms with E-state index in [0.29, 0.717) is 0 Å². The van der Waals surface area contributed by atoms with Crippen LogP contribution in [0.15, 0.2) is 23.1 Å². The van der Waals surface area contributed by atoms with Gasteiger partial charge in [0.15, 0.2) is 0 Å². The molecule has 1 aliphatic rings. The van der Waals surface area contributed by atoms with Gasteiger partial charge in [0.05, 0.1) is 16.6 Å². The molecule has 2 atom stereocenters. The van der Waals surface area contributed by atoms with Crippen LogP contribution in [0.3, 0.4) is 0 Å². The molecule has 0 radical (unpaired) electrons. The van der Waals surface area contributed by atoms with E-state index in [1.54, 1.807) is 0 Å². The number of pyridine rings is 1. The molecule has 1 unspecified atom stereocenters. The van der Waals surface area contributed by atoms with Gasteiger partial charge < -0.3 is 9.67 Å². The second-order valence-corrected chi connectivity index (χ2v) is 5.09. The van der Waals surface area contributed by atoms with Crippen molar-refractivity contribution >= 4 is 28.5 Å². The molecular weight excluding hydrogens is 292 g/mol. The van der Waals surface area contributed by atoms with Crippen LogP contribution >= 0.6 is 11.6 Å². The lowest BCUT2D eigenvalue weighted by Crippen LogP contribution is -2.19. The molecule has 0 saturated heterocycles. The third kappa shape index (κ3) is 1.87. The first-order chi connectivity index (χ1) is 9.40. The van der Waals surface area contributed by atoms with Crippen LogP contribution in [0.1, 0.15) is 22.8 Å². The minimum Gasteiger partial charge on any atom is -0.477 e. The molecule has 1 heterocycles. The minimum atomic E-state index is -1.43. The predicted molar refractivity (Wildman–Crippen MR) is 68.7 cm³/mol. The number of aromatic nitrogens is 1. The van der Waals surface area contributed by atoms with Crippen LogP contribution in [0, 0.1) is 5.82 Å². The molecule has 1 aliphatic carbocycles. The average Bonchev–Trinajstić information content (AvgIpc) is 3.09. The molecule has 1 aromatic carbocycles. The van der Waals surface area contributed by atoms with Crippen LogP contribution in [0.2, 0.25) is 5.02 Å². The highest BCUT2D eigenvalue weighted by Gasteiger charge is 2.40. The number of carbonyl (C=O) groups is 1. The normalized spacial score (nSPS) is 21.1. The maximum Gasteiger partial charge on any atom is 0.341 e. The van der Waals surface area contributed by atoms with E-state index in [1.165, 1.54) is 10.6 Å². The predicted octanol–water partition coefficient (Wildman–Crippen LogP) is 2.78.